The second-order valence-corrected chi connectivity index (χ2v) is 7.24. The van der Waals surface area contributed by atoms with E-state index < -0.39 is 0 Å². The first-order valence-electron chi connectivity index (χ1n) is 8.66. The van der Waals surface area contributed by atoms with Gasteiger partial charge in [-0.05, 0) is 49.8 Å². The van der Waals surface area contributed by atoms with Crippen LogP contribution in [0.3, 0.4) is 0 Å². The summed E-state index contributed by atoms with van der Waals surface area (Å²) >= 11 is 5.63. The first-order valence-corrected chi connectivity index (χ1v) is 9.07. The summed E-state index contributed by atoms with van der Waals surface area (Å²) in [5, 5.41) is 4.76. The first-order chi connectivity index (χ1) is 11.5. The normalized spacial score (nSPS) is 14.5. The highest BCUT2D eigenvalue weighted by atomic mass is 32.1. The van der Waals surface area contributed by atoms with Crippen LogP contribution in [0.2, 0.25) is 0 Å². The molecule has 2 aromatic rings. The van der Waals surface area contributed by atoms with Gasteiger partial charge in [-0.15, -0.1) is 0 Å². The third-order valence-corrected chi connectivity index (χ3v) is 4.99. The van der Waals surface area contributed by atoms with Crippen LogP contribution in [0.1, 0.15) is 30.7 Å². The number of nitrogens with zero attached hydrogens (tertiary/aromatic N) is 5. The van der Waals surface area contributed by atoms with Gasteiger partial charge in [0, 0.05) is 39.3 Å². The molecule has 6 heteroatoms. The van der Waals surface area contributed by atoms with Gasteiger partial charge in [0.2, 0.25) is 0 Å². The molecule has 0 unspecified atom stereocenters. The molecule has 2 heterocycles. The molecule has 0 spiro atoms. The lowest BCUT2D eigenvalue weighted by Crippen LogP contribution is -2.22. The van der Waals surface area contributed by atoms with Crippen LogP contribution in [-0.2, 0) is 26.2 Å². The summed E-state index contributed by atoms with van der Waals surface area (Å²) in [5.41, 5.74) is 2.52. The summed E-state index contributed by atoms with van der Waals surface area (Å²) < 4.78 is 5.06. The number of aryl methyl sites for hydroxylation is 1. The Morgan fingerprint density at radius 2 is 1.83 bits per heavy atom. The average molecular weight is 346 g/mol. The van der Waals surface area contributed by atoms with E-state index in [0.717, 1.165) is 36.8 Å². The van der Waals surface area contributed by atoms with Gasteiger partial charge in [-0.2, -0.15) is 5.10 Å². The Kier molecular flexibility index (Phi) is 5.36. The number of fused-ring (bicyclic) bond motifs is 1. The van der Waals surface area contributed by atoms with Gasteiger partial charge in [0.1, 0.15) is 5.82 Å². The third-order valence-electron chi connectivity index (χ3n) is 4.56. The molecule has 1 aliphatic rings. The van der Waals surface area contributed by atoms with Crippen molar-refractivity contribution in [3.63, 3.8) is 0 Å². The molecule has 1 aromatic heterocycles. The molecule has 5 nitrogen and oxygen atoms in total. The number of hydrogen-bond acceptors (Lipinski definition) is 4. The van der Waals surface area contributed by atoms with Crippen LogP contribution in [0.5, 0.6) is 0 Å². The fourth-order valence-corrected chi connectivity index (χ4v) is 3.50. The lowest BCUT2D eigenvalue weighted by Gasteiger charge is -2.18. The molecule has 0 radical (unpaired) electrons. The molecule has 0 saturated heterocycles. The Labute approximate surface area is 149 Å². The van der Waals surface area contributed by atoms with Gasteiger partial charge in [0.15, 0.2) is 4.77 Å². The van der Waals surface area contributed by atoms with Gasteiger partial charge in [0.25, 0.3) is 0 Å². The predicted octanol–water partition coefficient (Wildman–Crippen LogP) is 3.30. The van der Waals surface area contributed by atoms with Gasteiger partial charge in [-0.3, -0.25) is 4.90 Å². The van der Waals surface area contributed by atoms with Crippen molar-refractivity contribution in [1.82, 2.24) is 19.2 Å². The quantitative estimate of drug-likeness (QED) is 0.778. The van der Waals surface area contributed by atoms with Gasteiger partial charge in [0.05, 0.1) is 6.67 Å². The fraction of sp³-hybridized carbons (Fsp3) is 0.556. The Morgan fingerprint density at radius 3 is 2.54 bits per heavy atom. The van der Waals surface area contributed by atoms with E-state index in [4.69, 9.17) is 17.3 Å². The molecule has 0 saturated carbocycles. The minimum atomic E-state index is 0.730. The highest BCUT2D eigenvalue weighted by Gasteiger charge is 2.14. The molecule has 0 bridgehead atoms. The average Bonchev–Trinajstić information content (AvgIpc) is 2.73. The zero-order valence-corrected chi connectivity index (χ0v) is 15.7. The van der Waals surface area contributed by atoms with E-state index in [0.29, 0.717) is 0 Å². The van der Waals surface area contributed by atoms with Crippen LogP contribution in [0, 0.1) is 4.77 Å². The summed E-state index contributed by atoms with van der Waals surface area (Å²) in [7, 11) is 6.24. The van der Waals surface area contributed by atoms with Gasteiger partial charge < -0.3 is 9.47 Å². The predicted molar refractivity (Wildman–Crippen MR) is 101 cm³/mol. The second-order valence-electron chi connectivity index (χ2n) is 6.88. The van der Waals surface area contributed by atoms with Crippen LogP contribution in [0.15, 0.2) is 24.3 Å². The molecular weight excluding hydrogens is 318 g/mol. The van der Waals surface area contributed by atoms with E-state index in [2.05, 4.69) is 59.8 Å². The maximum atomic E-state index is 5.63. The molecule has 0 atom stereocenters. The molecule has 3 rings (SSSR count). The molecule has 0 aliphatic carbocycles. The molecule has 0 fully saturated rings. The second kappa shape index (κ2) is 7.49. The standard InChI is InChI=1S/C18H27N5S/c1-20(2)16-10-8-15(9-11-16)13-21(3)14-23-18(24)22-12-6-4-5-7-17(22)19-23/h8-11H,4-7,12-14H2,1-3H3. The smallest absolute Gasteiger partial charge is 0.199 e. The van der Waals surface area contributed by atoms with Crippen molar-refractivity contribution in [2.24, 2.45) is 0 Å². The van der Waals surface area contributed by atoms with Gasteiger partial charge in [-0.25, -0.2) is 4.68 Å². The monoisotopic (exact) mass is 345 g/mol. The number of benzene rings is 1. The maximum absolute atomic E-state index is 5.63. The number of aromatic nitrogens is 3. The van der Waals surface area contributed by atoms with E-state index in [1.807, 2.05) is 4.68 Å². The van der Waals surface area contributed by atoms with Crippen molar-refractivity contribution in [3.8, 4) is 0 Å². The van der Waals surface area contributed by atoms with Gasteiger partial charge in [-0.1, -0.05) is 18.6 Å². The summed E-state index contributed by atoms with van der Waals surface area (Å²) in [4.78, 5) is 4.37. The Bertz CT molecular complexity index is 729. The fourth-order valence-electron chi connectivity index (χ4n) is 3.21. The highest BCUT2D eigenvalue weighted by molar-refractivity contribution is 7.71. The summed E-state index contributed by atoms with van der Waals surface area (Å²) in [6.45, 7) is 2.63. The lowest BCUT2D eigenvalue weighted by molar-refractivity contribution is 0.243. The Morgan fingerprint density at radius 1 is 1.08 bits per heavy atom. The summed E-state index contributed by atoms with van der Waals surface area (Å²) in [6, 6.07) is 8.70. The van der Waals surface area contributed by atoms with Crippen LogP contribution < -0.4 is 4.90 Å². The summed E-state index contributed by atoms with van der Waals surface area (Å²) in [6.07, 6.45) is 4.76. The zero-order valence-electron chi connectivity index (χ0n) is 14.9. The summed E-state index contributed by atoms with van der Waals surface area (Å²) in [5.74, 6) is 1.15. The van der Waals surface area contributed by atoms with Crippen LogP contribution in [-0.4, -0.2) is 40.4 Å². The topological polar surface area (TPSA) is 29.2 Å². The van der Waals surface area contributed by atoms with E-state index in [9.17, 15) is 0 Å². The molecule has 0 amide bonds. The first kappa shape index (κ1) is 17.2. The van der Waals surface area contributed by atoms with E-state index in [-0.39, 0.29) is 0 Å². The van der Waals surface area contributed by atoms with Crippen LogP contribution in [0.25, 0.3) is 0 Å². The van der Waals surface area contributed by atoms with Crippen LogP contribution in [0.4, 0.5) is 5.69 Å². The van der Waals surface area contributed by atoms with Gasteiger partial charge >= 0.3 is 0 Å². The molecule has 1 aliphatic heterocycles. The minimum absolute atomic E-state index is 0.730. The van der Waals surface area contributed by atoms with E-state index in [1.54, 1.807) is 0 Å². The minimum Gasteiger partial charge on any atom is -0.378 e. The zero-order chi connectivity index (χ0) is 17.1. The number of hydrogen-bond donors (Lipinski definition) is 0. The number of anilines is 1. The van der Waals surface area contributed by atoms with Crippen molar-refractivity contribution >= 4 is 17.9 Å². The molecule has 0 N–H and O–H groups in total. The van der Waals surface area contributed by atoms with Crippen LogP contribution >= 0.6 is 12.2 Å². The maximum Gasteiger partial charge on any atom is 0.199 e. The van der Waals surface area contributed by atoms with Crippen molar-refractivity contribution in [3.05, 3.63) is 40.4 Å². The lowest BCUT2D eigenvalue weighted by atomic mass is 10.2. The molecule has 1 aromatic carbocycles. The van der Waals surface area contributed by atoms with Crippen molar-refractivity contribution in [2.75, 3.05) is 26.0 Å². The molecule has 130 valence electrons. The van der Waals surface area contributed by atoms with Crippen molar-refractivity contribution in [1.29, 1.82) is 0 Å². The Balaban J connectivity index is 1.66. The Hall–Kier alpha value is -1.66. The number of rotatable bonds is 5. The highest BCUT2D eigenvalue weighted by Crippen LogP contribution is 2.16. The largest absolute Gasteiger partial charge is 0.378 e. The van der Waals surface area contributed by atoms with E-state index in [1.165, 1.54) is 30.5 Å². The van der Waals surface area contributed by atoms with Crippen molar-refractivity contribution in [2.45, 2.75) is 45.4 Å². The molecule has 24 heavy (non-hydrogen) atoms. The van der Waals surface area contributed by atoms with Crippen molar-refractivity contribution < 1.29 is 0 Å². The third kappa shape index (κ3) is 3.87. The molecular formula is C18H27N5S. The van der Waals surface area contributed by atoms with E-state index >= 15 is 0 Å². The SMILES string of the molecule is CN(Cc1ccc(N(C)C)cc1)Cn1nc2n(c1=S)CCCCC2.